The van der Waals surface area contributed by atoms with Crippen LogP contribution >= 0.6 is 0 Å². The molecule has 1 atom stereocenters. The number of ether oxygens (including phenoxy) is 1. The molecule has 2 heteroatoms. The molecule has 0 spiro atoms. The van der Waals surface area contributed by atoms with Crippen LogP contribution in [0.25, 0.3) is 0 Å². The summed E-state index contributed by atoms with van der Waals surface area (Å²) in [6.45, 7) is 3.79. The molecular formula is C13H19NO. The van der Waals surface area contributed by atoms with Crippen molar-refractivity contribution in [1.82, 2.24) is 5.32 Å². The third-order valence-corrected chi connectivity index (χ3v) is 2.56. The molecule has 2 nitrogen and oxygen atoms in total. The van der Waals surface area contributed by atoms with Gasteiger partial charge in [-0.2, -0.15) is 0 Å². The Hall–Kier alpha value is -1.28. The quantitative estimate of drug-likeness (QED) is 0.720. The van der Waals surface area contributed by atoms with Gasteiger partial charge in [0, 0.05) is 6.04 Å². The van der Waals surface area contributed by atoms with Gasteiger partial charge < -0.3 is 10.1 Å². The Bertz CT molecular complexity index is 292. The van der Waals surface area contributed by atoms with Crippen molar-refractivity contribution < 1.29 is 4.74 Å². The third-order valence-electron chi connectivity index (χ3n) is 2.56. The SMILES string of the molecule is C=CC(CCc1ccc(OC)cc1)NC. The summed E-state index contributed by atoms with van der Waals surface area (Å²) in [6.07, 6.45) is 4.08. The smallest absolute Gasteiger partial charge is 0.118 e. The summed E-state index contributed by atoms with van der Waals surface area (Å²) in [4.78, 5) is 0. The van der Waals surface area contributed by atoms with Gasteiger partial charge in [-0.3, -0.25) is 0 Å². The van der Waals surface area contributed by atoms with Crippen LogP contribution in [0.2, 0.25) is 0 Å². The predicted octanol–water partition coefficient (Wildman–Crippen LogP) is 2.40. The first-order valence-electron chi connectivity index (χ1n) is 5.23. The number of methoxy groups -OCH3 is 1. The molecule has 1 rings (SSSR count). The van der Waals surface area contributed by atoms with E-state index in [0.717, 1.165) is 18.6 Å². The highest BCUT2D eigenvalue weighted by Gasteiger charge is 2.01. The van der Waals surface area contributed by atoms with Crippen LogP contribution in [0.3, 0.4) is 0 Å². The fourth-order valence-corrected chi connectivity index (χ4v) is 1.49. The van der Waals surface area contributed by atoms with Gasteiger partial charge in [-0.1, -0.05) is 18.2 Å². The molecule has 0 saturated carbocycles. The molecule has 0 heterocycles. The summed E-state index contributed by atoms with van der Waals surface area (Å²) in [5, 5.41) is 3.20. The van der Waals surface area contributed by atoms with Crippen molar-refractivity contribution in [1.29, 1.82) is 0 Å². The van der Waals surface area contributed by atoms with Crippen molar-refractivity contribution in [3.05, 3.63) is 42.5 Å². The predicted molar refractivity (Wildman–Crippen MR) is 64.4 cm³/mol. The maximum Gasteiger partial charge on any atom is 0.118 e. The van der Waals surface area contributed by atoms with E-state index in [1.165, 1.54) is 5.56 Å². The van der Waals surface area contributed by atoms with E-state index in [0.29, 0.717) is 6.04 Å². The zero-order chi connectivity index (χ0) is 11.1. The van der Waals surface area contributed by atoms with E-state index in [2.05, 4.69) is 24.0 Å². The minimum atomic E-state index is 0.395. The number of hydrogen-bond donors (Lipinski definition) is 1. The number of nitrogens with one attached hydrogen (secondary N) is 1. The molecule has 1 aromatic carbocycles. The first kappa shape index (κ1) is 11.8. The molecule has 1 aromatic rings. The Labute approximate surface area is 92.0 Å². The van der Waals surface area contributed by atoms with E-state index in [9.17, 15) is 0 Å². The summed E-state index contributed by atoms with van der Waals surface area (Å²) in [5.41, 5.74) is 1.33. The van der Waals surface area contributed by atoms with Gasteiger partial charge in [-0.25, -0.2) is 0 Å². The van der Waals surface area contributed by atoms with Crippen molar-refractivity contribution in [2.75, 3.05) is 14.2 Å². The molecule has 0 fully saturated rings. The fourth-order valence-electron chi connectivity index (χ4n) is 1.49. The lowest BCUT2D eigenvalue weighted by molar-refractivity contribution is 0.414. The first-order valence-corrected chi connectivity index (χ1v) is 5.23. The zero-order valence-corrected chi connectivity index (χ0v) is 9.49. The van der Waals surface area contributed by atoms with Crippen LogP contribution in [0.15, 0.2) is 36.9 Å². The molecule has 0 aliphatic carbocycles. The van der Waals surface area contributed by atoms with Crippen LogP contribution in [-0.4, -0.2) is 20.2 Å². The molecule has 0 saturated heterocycles. The molecule has 0 aliphatic rings. The maximum atomic E-state index is 5.11. The lowest BCUT2D eigenvalue weighted by Crippen LogP contribution is -2.22. The van der Waals surface area contributed by atoms with E-state index in [1.807, 2.05) is 25.3 Å². The monoisotopic (exact) mass is 205 g/mol. The van der Waals surface area contributed by atoms with Crippen molar-refractivity contribution in [3.63, 3.8) is 0 Å². The molecule has 1 unspecified atom stereocenters. The van der Waals surface area contributed by atoms with Gasteiger partial charge in [-0.15, -0.1) is 6.58 Å². The van der Waals surface area contributed by atoms with Crippen LogP contribution < -0.4 is 10.1 Å². The Balaban J connectivity index is 2.46. The molecule has 0 bridgehead atoms. The van der Waals surface area contributed by atoms with Crippen molar-refractivity contribution in [2.45, 2.75) is 18.9 Å². The van der Waals surface area contributed by atoms with Crippen LogP contribution in [0, 0.1) is 0 Å². The molecular weight excluding hydrogens is 186 g/mol. The highest BCUT2D eigenvalue weighted by molar-refractivity contribution is 5.27. The van der Waals surface area contributed by atoms with E-state index >= 15 is 0 Å². The molecule has 1 N–H and O–H groups in total. The maximum absolute atomic E-state index is 5.11. The molecule has 0 amide bonds. The van der Waals surface area contributed by atoms with Gasteiger partial charge in [-0.05, 0) is 37.6 Å². The summed E-state index contributed by atoms with van der Waals surface area (Å²) in [6, 6.07) is 8.60. The minimum Gasteiger partial charge on any atom is -0.497 e. The summed E-state index contributed by atoms with van der Waals surface area (Å²) in [5.74, 6) is 0.910. The van der Waals surface area contributed by atoms with E-state index in [1.54, 1.807) is 7.11 Å². The molecule has 0 aliphatic heterocycles. The second-order valence-electron chi connectivity index (χ2n) is 3.52. The normalized spacial score (nSPS) is 12.1. The molecule has 0 radical (unpaired) electrons. The van der Waals surface area contributed by atoms with Crippen molar-refractivity contribution >= 4 is 0 Å². The van der Waals surface area contributed by atoms with Gasteiger partial charge in [0.1, 0.15) is 5.75 Å². The lowest BCUT2D eigenvalue weighted by atomic mass is 10.1. The number of benzene rings is 1. The second-order valence-corrected chi connectivity index (χ2v) is 3.52. The number of likely N-dealkylation sites (N-methyl/N-ethyl adjacent to an activating group) is 1. The average Bonchev–Trinajstić information content (AvgIpc) is 2.31. The van der Waals surface area contributed by atoms with Crippen LogP contribution in [0.5, 0.6) is 5.75 Å². The van der Waals surface area contributed by atoms with Crippen molar-refractivity contribution in [3.8, 4) is 5.75 Å². The Kier molecular flexibility index (Phi) is 4.91. The van der Waals surface area contributed by atoms with Crippen molar-refractivity contribution in [2.24, 2.45) is 0 Å². The highest BCUT2D eigenvalue weighted by Crippen LogP contribution is 2.13. The zero-order valence-electron chi connectivity index (χ0n) is 9.49. The lowest BCUT2D eigenvalue weighted by Gasteiger charge is -2.10. The average molecular weight is 205 g/mol. The second kappa shape index (κ2) is 6.25. The number of hydrogen-bond acceptors (Lipinski definition) is 2. The van der Waals surface area contributed by atoms with Gasteiger partial charge in [0.15, 0.2) is 0 Å². The first-order chi connectivity index (χ1) is 7.30. The highest BCUT2D eigenvalue weighted by atomic mass is 16.5. The molecule has 0 aromatic heterocycles. The number of aryl methyl sites for hydroxylation is 1. The van der Waals surface area contributed by atoms with Crippen LogP contribution in [0.1, 0.15) is 12.0 Å². The number of rotatable bonds is 6. The summed E-state index contributed by atoms with van der Waals surface area (Å²) < 4.78 is 5.11. The Morgan fingerprint density at radius 1 is 1.40 bits per heavy atom. The summed E-state index contributed by atoms with van der Waals surface area (Å²) >= 11 is 0. The van der Waals surface area contributed by atoms with E-state index in [4.69, 9.17) is 4.74 Å². The van der Waals surface area contributed by atoms with Gasteiger partial charge in [0.25, 0.3) is 0 Å². The van der Waals surface area contributed by atoms with Gasteiger partial charge in [0.05, 0.1) is 7.11 Å². The topological polar surface area (TPSA) is 21.3 Å². The van der Waals surface area contributed by atoms with Gasteiger partial charge in [0.2, 0.25) is 0 Å². The third kappa shape index (κ3) is 3.76. The van der Waals surface area contributed by atoms with E-state index < -0.39 is 0 Å². The summed E-state index contributed by atoms with van der Waals surface area (Å²) in [7, 11) is 3.64. The standard InChI is InChI=1S/C13H19NO/c1-4-12(14-2)8-5-11-6-9-13(15-3)10-7-11/h4,6-7,9-10,12,14H,1,5,8H2,2-3H3. The molecule has 82 valence electrons. The van der Waals surface area contributed by atoms with Gasteiger partial charge >= 0.3 is 0 Å². The fraction of sp³-hybridized carbons (Fsp3) is 0.385. The van der Waals surface area contributed by atoms with Crippen LogP contribution in [-0.2, 0) is 6.42 Å². The molecule has 15 heavy (non-hydrogen) atoms. The Morgan fingerprint density at radius 3 is 2.53 bits per heavy atom. The largest absolute Gasteiger partial charge is 0.497 e. The minimum absolute atomic E-state index is 0.395. The van der Waals surface area contributed by atoms with Crippen LogP contribution in [0.4, 0.5) is 0 Å². The Morgan fingerprint density at radius 2 is 2.07 bits per heavy atom. The van der Waals surface area contributed by atoms with E-state index in [-0.39, 0.29) is 0 Å².